The Balaban J connectivity index is 1.86. The number of aliphatic hydroxyl groups excluding tert-OH is 1. The Hall–Kier alpha value is -2.73. The summed E-state index contributed by atoms with van der Waals surface area (Å²) in [5.74, 6) is 1.51. The van der Waals surface area contributed by atoms with Crippen molar-refractivity contribution >= 4 is 5.91 Å². The molecule has 1 unspecified atom stereocenters. The van der Waals surface area contributed by atoms with Crippen molar-refractivity contribution in [3.63, 3.8) is 0 Å². The van der Waals surface area contributed by atoms with Crippen molar-refractivity contribution < 1.29 is 24.1 Å². The molecular formula is C20H25NO5. The molecule has 0 saturated heterocycles. The molecule has 2 aromatic rings. The van der Waals surface area contributed by atoms with Gasteiger partial charge >= 0.3 is 0 Å². The molecule has 2 N–H and O–H groups in total. The van der Waals surface area contributed by atoms with E-state index in [1.165, 1.54) is 7.11 Å². The molecule has 0 spiro atoms. The summed E-state index contributed by atoms with van der Waals surface area (Å²) in [7, 11) is 3.08. The number of nitrogens with one attached hydrogen (secondary N) is 1. The fourth-order valence-electron chi connectivity index (χ4n) is 2.52. The number of hydrogen-bond acceptors (Lipinski definition) is 5. The van der Waals surface area contributed by atoms with E-state index in [1.807, 2.05) is 31.2 Å². The lowest BCUT2D eigenvalue weighted by Crippen LogP contribution is -2.32. The highest BCUT2D eigenvalue weighted by molar-refractivity contribution is 5.77. The molecule has 0 saturated carbocycles. The number of aliphatic hydroxyl groups is 1. The van der Waals surface area contributed by atoms with Crippen molar-refractivity contribution in [1.29, 1.82) is 0 Å². The van der Waals surface area contributed by atoms with E-state index in [0.29, 0.717) is 22.8 Å². The van der Waals surface area contributed by atoms with Crippen molar-refractivity contribution in [2.24, 2.45) is 0 Å². The molecule has 0 aliphatic carbocycles. The standard InChI is InChI=1S/C20H25NO5/c1-4-14-7-5-6-8-17(14)26-13-20(23)21-12-16(22)15-9-10-18(24-2)19(11-15)25-3/h5-11,16,22H,4,12-13H2,1-3H3,(H,21,23). The van der Waals surface area contributed by atoms with Crippen LogP contribution in [-0.2, 0) is 11.2 Å². The average Bonchev–Trinajstić information content (AvgIpc) is 2.69. The molecule has 1 amide bonds. The zero-order valence-electron chi connectivity index (χ0n) is 15.3. The molecule has 0 aliphatic rings. The van der Waals surface area contributed by atoms with Crippen molar-refractivity contribution in [3.05, 3.63) is 53.6 Å². The van der Waals surface area contributed by atoms with E-state index in [-0.39, 0.29) is 19.1 Å². The molecule has 0 aliphatic heterocycles. The second kappa shape index (κ2) is 9.68. The summed E-state index contributed by atoms with van der Waals surface area (Å²) in [6.45, 7) is 2.00. The van der Waals surface area contributed by atoms with Gasteiger partial charge in [-0.1, -0.05) is 31.2 Å². The van der Waals surface area contributed by atoms with Gasteiger partial charge in [-0.05, 0) is 35.7 Å². The molecule has 6 heteroatoms. The van der Waals surface area contributed by atoms with Gasteiger partial charge in [0.25, 0.3) is 5.91 Å². The largest absolute Gasteiger partial charge is 0.493 e. The van der Waals surface area contributed by atoms with Crippen LogP contribution in [0, 0.1) is 0 Å². The summed E-state index contributed by atoms with van der Waals surface area (Å²) in [6, 6.07) is 12.7. The topological polar surface area (TPSA) is 77.0 Å². The average molecular weight is 359 g/mol. The number of carbonyl (C=O) groups is 1. The molecule has 2 rings (SSSR count). The molecule has 6 nitrogen and oxygen atoms in total. The number of carbonyl (C=O) groups excluding carboxylic acids is 1. The number of para-hydroxylation sites is 1. The minimum atomic E-state index is -0.860. The lowest BCUT2D eigenvalue weighted by Gasteiger charge is -2.15. The Bertz CT molecular complexity index is 732. The summed E-state index contributed by atoms with van der Waals surface area (Å²) in [4.78, 5) is 12.0. The maximum atomic E-state index is 12.0. The molecule has 0 radical (unpaired) electrons. The molecule has 26 heavy (non-hydrogen) atoms. The van der Waals surface area contributed by atoms with Crippen LogP contribution < -0.4 is 19.5 Å². The van der Waals surface area contributed by atoms with Crippen LogP contribution in [0.25, 0.3) is 0 Å². The fraction of sp³-hybridized carbons (Fsp3) is 0.350. The van der Waals surface area contributed by atoms with Gasteiger partial charge in [-0.25, -0.2) is 0 Å². The van der Waals surface area contributed by atoms with Gasteiger partial charge < -0.3 is 24.6 Å². The molecule has 0 aromatic heterocycles. The van der Waals surface area contributed by atoms with Crippen molar-refractivity contribution in [2.45, 2.75) is 19.4 Å². The Labute approximate surface area is 153 Å². The quantitative estimate of drug-likeness (QED) is 0.719. The maximum absolute atomic E-state index is 12.0. The number of benzene rings is 2. The van der Waals surface area contributed by atoms with E-state index in [9.17, 15) is 9.90 Å². The smallest absolute Gasteiger partial charge is 0.258 e. The highest BCUT2D eigenvalue weighted by Gasteiger charge is 2.13. The van der Waals surface area contributed by atoms with Crippen molar-refractivity contribution in [2.75, 3.05) is 27.4 Å². The maximum Gasteiger partial charge on any atom is 0.258 e. The summed E-state index contributed by atoms with van der Waals surface area (Å²) in [6.07, 6.45) is -0.0304. The van der Waals surface area contributed by atoms with Crippen LogP contribution in [0.2, 0.25) is 0 Å². The van der Waals surface area contributed by atoms with Gasteiger partial charge in [-0.15, -0.1) is 0 Å². The lowest BCUT2D eigenvalue weighted by atomic mass is 10.1. The number of ether oxygens (including phenoxy) is 3. The van der Waals surface area contributed by atoms with Gasteiger partial charge in [0.2, 0.25) is 0 Å². The van der Waals surface area contributed by atoms with E-state index in [4.69, 9.17) is 14.2 Å². The van der Waals surface area contributed by atoms with Gasteiger partial charge in [0.05, 0.1) is 20.3 Å². The molecule has 140 valence electrons. The van der Waals surface area contributed by atoms with E-state index in [1.54, 1.807) is 25.3 Å². The highest BCUT2D eigenvalue weighted by Crippen LogP contribution is 2.29. The zero-order valence-corrected chi connectivity index (χ0v) is 15.3. The molecule has 1 atom stereocenters. The normalized spacial score (nSPS) is 11.5. The molecule has 0 fully saturated rings. The molecule has 0 bridgehead atoms. The Kier molecular flexibility index (Phi) is 7.29. The van der Waals surface area contributed by atoms with Gasteiger partial charge in [-0.3, -0.25) is 4.79 Å². The van der Waals surface area contributed by atoms with Crippen LogP contribution in [-0.4, -0.2) is 38.4 Å². The van der Waals surface area contributed by atoms with Gasteiger partial charge in [-0.2, -0.15) is 0 Å². The summed E-state index contributed by atoms with van der Waals surface area (Å²) < 4.78 is 16.0. The minimum absolute atomic E-state index is 0.0765. The van der Waals surface area contributed by atoms with Gasteiger partial charge in [0, 0.05) is 6.54 Å². The third kappa shape index (κ3) is 5.13. The second-order valence-corrected chi connectivity index (χ2v) is 5.68. The van der Waals surface area contributed by atoms with Crippen molar-refractivity contribution in [1.82, 2.24) is 5.32 Å². The van der Waals surface area contributed by atoms with E-state index < -0.39 is 6.10 Å². The van der Waals surface area contributed by atoms with E-state index in [2.05, 4.69) is 5.32 Å². The highest BCUT2D eigenvalue weighted by atomic mass is 16.5. The first-order valence-electron chi connectivity index (χ1n) is 8.46. The summed E-state index contributed by atoms with van der Waals surface area (Å²) >= 11 is 0. The number of rotatable bonds is 9. The first-order chi connectivity index (χ1) is 12.6. The monoisotopic (exact) mass is 359 g/mol. The lowest BCUT2D eigenvalue weighted by molar-refractivity contribution is -0.123. The SMILES string of the molecule is CCc1ccccc1OCC(=O)NCC(O)c1ccc(OC)c(OC)c1. The first kappa shape index (κ1) is 19.6. The minimum Gasteiger partial charge on any atom is -0.493 e. The predicted octanol–water partition coefficient (Wildman–Crippen LogP) is 2.49. The fourth-order valence-corrected chi connectivity index (χ4v) is 2.52. The Morgan fingerprint density at radius 2 is 1.81 bits per heavy atom. The van der Waals surface area contributed by atoms with Crippen LogP contribution in [0.5, 0.6) is 17.2 Å². The number of amides is 1. The van der Waals surface area contributed by atoms with Gasteiger partial charge in [0.1, 0.15) is 5.75 Å². The molecule has 2 aromatic carbocycles. The van der Waals surface area contributed by atoms with Crippen LogP contribution >= 0.6 is 0 Å². The first-order valence-corrected chi connectivity index (χ1v) is 8.46. The van der Waals surface area contributed by atoms with Crippen LogP contribution in [0.15, 0.2) is 42.5 Å². The number of aryl methyl sites for hydroxylation is 1. The van der Waals surface area contributed by atoms with Crippen LogP contribution in [0.4, 0.5) is 0 Å². The zero-order chi connectivity index (χ0) is 18.9. The van der Waals surface area contributed by atoms with E-state index in [0.717, 1.165) is 12.0 Å². The molecule has 0 heterocycles. The van der Waals surface area contributed by atoms with E-state index >= 15 is 0 Å². The summed E-state index contributed by atoms with van der Waals surface area (Å²) in [5.41, 5.74) is 1.67. The Morgan fingerprint density at radius 1 is 1.08 bits per heavy atom. The third-order valence-electron chi connectivity index (χ3n) is 4.00. The summed E-state index contributed by atoms with van der Waals surface area (Å²) in [5, 5.41) is 12.9. The molecular weight excluding hydrogens is 334 g/mol. The van der Waals surface area contributed by atoms with Crippen LogP contribution in [0.1, 0.15) is 24.2 Å². The second-order valence-electron chi connectivity index (χ2n) is 5.68. The van der Waals surface area contributed by atoms with Gasteiger partial charge in [0.15, 0.2) is 18.1 Å². The van der Waals surface area contributed by atoms with Crippen LogP contribution in [0.3, 0.4) is 0 Å². The Morgan fingerprint density at radius 3 is 2.50 bits per heavy atom. The number of hydrogen-bond donors (Lipinski definition) is 2. The predicted molar refractivity (Wildman–Crippen MR) is 98.8 cm³/mol. The third-order valence-corrected chi connectivity index (χ3v) is 4.00. The van der Waals surface area contributed by atoms with Crippen molar-refractivity contribution in [3.8, 4) is 17.2 Å². The number of methoxy groups -OCH3 is 2.